The second-order valence-corrected chi connectivity index (χ2v) is 4.39. The third kappa shape index (κ3) is 3.19. The van der Waals surface area contributed by atoms with Crippen molar-refractivity contribution in [1.29, 1.82) is 0 Å². The van der Waals surface area contributed by atoms with E-state index in [-0.39, 0.29) is 5.91 Å². The van der Waals surface area contributed by atoms with E-state index in [1.165, 1.54) is 19.3 Å². The quantitative estimate of drug-likeness (QED) is 0.871. The predicted molar refractivity (Wildman–Crippen MR) is 65.1 cm³/mol. The minimum absolute atomic E-state index is 0.0837. The van der Waals surface area contributed by atoms with Gasteiger partial charge in [-0.1, -0.05) is 19.3 Å². The smallest absolute Gasteiger partial charge is 0.270 e. The van der Waals surface area contributed by atoms with Crippen molar-refractivity contribution in [3.05, 3.63) is 24.0 Å². The van der Waals surface area contributed by atoms with Crippen LogP contribution in [0, 0.1) is 0 Å². The lowest BCUT2D eigenvalue weighted by molar-refractivity contribution is 0.0922. The second kappa shape index (κ2) is 5.66. The summed E-state index contributed by atoms with van der Waals surface area (Å²) >= 11 is 0. The molecule has 1 aliphatic carbocycles. The first-order valence-electron chi connectivity index (χ1n) is 6.10. The number of amides is 1. The molecule has 1 heterocycles. The van der Waals surface area contributed by atoms with Crippen LogP contribution in [0.15, 0.2) is 18.3 Å². The molecule has 0 spiro atoms. The zero-order valence-corrected chi connectivity index (χ0v) is 10.1. The molecule has 0 aliphatic heterocycles. The molecule has 1 N–H and O–H groups in total. The van der Waals surface area contributed by atoms with Crippen molar-refractivity contribution in [1.82, 2.24) is 10.3 Å². The molecule has 17 heavy (non-hydrogen) atoms. The lowest BCUT2D eigenvalue weighted by Crippen LogP contribution is -2.36. The van der Waals surface area contributed by atoms with Gasteiger partial charge in [0.05, 0.1) is 13.3 Å². The number of pyridine rings is 1. The molecule has 1 aromatic rings. The van der Waals surface area contributed by atoms with E-state index in [2.05, 4.69) is 10.3 Å². The Balaban J connectivity index is 1.93. The molecule has 4 nitrogen and oxygen atoms in total. The van der Waals surface area contributed by atoms with Crippen LogP contribution in [0.2, 0.25) is 0 Å². The summed E-state index contributed by atoms with van der Waals surface area (Å²) in [5.74, 6) is 0.582. The zero-order valence-electron chi connectivity index (χ0n) is 10.1. The van der Waals surface area contributed by atoms with Gasteiger partial charge < -0.3 is 10.1 Å². The Morgan fingerprint density at radius 1 is 1.35 bits per heavy atom. The molecule has 0 radical (unpaired) electrons. The van der Waals surface area contributed by atoms with Gasteiger partial charge in [-0.05, 0) is 25.0 Å². The molecule has 1 fully saturated rings. The number of ether oxygens (including phenoxy) is 1. The fourth-order valence-electron chi connectivity index (χ4n) is 2.14. The number of nitrogens with one attached hydrogen (secondary N) is 1. The van der Waals surface area contributed by atoms with Crippen LogP contribution in [0.3, 0.4) is 0 Å². The Kier molecular flexibility index (Phi) is 3.96. The summed E-state index contributed by atoms with van der Waals surface area (Å²) < 4.78 is 5.00. The molecule has 2 rings (SSSR count). The van der Waals surface area contributed by atoms with Gasteiger partial charge in [-0.2, -0.15) is 0 Å². The number of nitrogens with zero attached hydrogens (tertiary/aromatic N) is 1. The van der Waals surface area contributed by atoms with Crippen LogP contribution < -0.4 is 10.1 Å². The number of carbonyl (C=O) groups excluding carboxylic acids is 1. The largest absolute Gasteiger partial charge is 0.495 e. The molecule has 0 saturated heterocycles. The highest BCUT2D eigenvalue weighted by Gasteiger charge is 2.17. The number of rotatable bonds is 3. The van der Waals surface area contributed by atoms with E-state index in [1.807, 2.05) is 0 Å². The highest BCUT2D eigenvalue weighted by molar-refractivity contribution is 5.92. The van der Waals surface area contributed by atoms with E-state index >= 15 is 0 Å². The van der Waals surface area contributed by atoms with Gasteiger partial charge >= 0.3 is 0 Å². The van der Waals surface area contributed by atoms with Gasteiger partial charge in [0, 0.05) is 6.04 Å². The molecular weight excluding hydrogens is 216 g/mol. The summed E-state index contributed by atoms with van der Waals surface area (Å²) in [6.07, 6.45) is 7.44. The minimum atomic E-state index is -0.0837. The maximum absolute atomic E-state index is 11.9. The first kappa shape index (κ1) is 11.9. The number of methoxy groups -OCH3 is 1. The van der Waals surface area contributed by atoms with Crippen LogP contribution in [0.5, 0.6) is 5.75 Å². The van der Waals surface area contributed by atoms with Crippen molar-refractivity contribution in [2.45, 2.75) is 38.1 Å². The lowest BCUT2D eigenvalue weighted by atomic mass is 9.95. The van der Waals surface area contributed by atoms with Crippen molar-refractivity contribution in [2.75, 3.05) is 7.11 Å². The topological polar surface area (TPSA) is 51.2 Å². The molecule has 92 valence electrons. The van der Waals surface area contributed by atoms with Gasteiger partial charge in [-0.3, -0.25) is 4.79 Å². The number of hydrogen-bond acceptors (Lipinski definition) is 3. The molecule has 1 aliphatic rings. The molecule has 0 atom stereocenters. The van der Waals surface area contributed by atoms with Crippen LogP contribution in [0.1, 0.15) is 42.6 Å². The number of hydrogen-bond donors (Lipinski definition) is 1. The molecule has 0 unspecified atom stereocenters. The summed E-state index contributed by atoms with van der Waals surface area (Å²) in [5, 5.41) is 3.03. The number of carbonyl (C=O) groups is 1. The Hall–Kier alpha value is -1.58. The zero-order chi connectivity index (χ0) is 12.1. The van der Waals surface area contributed by atoms with Gasteiger partial charge in [0.1, 0.15) is 11.4 Å². The molecule has 1 amide bonds. The maximum atomic E-state index is 11.9. The monoisotopic (exact) mass is 234 g/mol. The summed E-state index contributed by atoms with van der Waals surface area (Å²) in [5.41, 5.74) is 0.455. The van der Waals surface area contributed by atoms with E-state index in [1.54, 1.807) is 25.4 Å². The summed E-state index contributed by atoms with van der Waals surface area (Å²) in [6.45, 7) is 0. The van der Waals surface area contributed by atoms with Crippen molar-refractivity contribution in [3.63, 3.8) is 0 Å². The van der Waals surface area contributed by atoms with E-state index in [0.29, 0.717) is 17.5 Å². The second-order valence-electron chi connectivity index (χ2n) is 4.39. The van der Waals surface area contributed by atoms with E-state index in [9.17, 15) is 4.79 Å². The SMILES string of the molecule is COc1ccc(C(=O)NC2CCCCC2)nc1. The Morgan fingerprint density at radius 2 is 2.12 bits per heavy atom. The summed E-state index contributed by atoms with van der Waals surface area (Å²) in [6, 6.07) is 3.76. The highest BCUT2D eigenvalue weighted by Crippen LogP contribution is 2.17. The van der Waals surface area contributed by atoms with Crippen molar-refractivity contribution in [3.8, 4) is 5.75 Å². The third-order valence-corrected chi connectivity index (χ3v) is 3.15. The van der Waals surface area contributed by atoms with Gasteiger partial charge in [-0.15, -0.1) is 0 Å². The lowest BCUT2D eigenvalue weighted by Gasteiger charge is -2.22. The molecule has 1 saturated carbocycles. The Labute approximate surface area is 101 Å². The van der Waals surface area contributed by atoms with Crippen LogP contribution in [0.25, 0.3) is 0 Å². The summed E-state index contributed by atoms with van der Waals surface area (Å²) in [4.78, 5) is 16.0. The number of aromatic nitrogens is 1. The molecular formula is C13H18N2O2. The van der Waals surface area contributed by atoms with Crippen molar-refractivity contribution in [2.24, 2.45) is 0 Å². The predicted octanol–water partition coefficient (Wildman–Crippen LogP) is 2.15. The van der Waals surface area contributed by atoms with Crippen LogP contribution in [-0.2, 0) is 0 Å². The first-order valence-corrected chi connectivity index (χ1v) is 6.10. The average molecular weight is 234 g/mol. The first-order chi connectivity index (χ1) is 8.29. The van der Waals surface area contributed by atoms with Crippen molar-refractivity contribution >= 4 is 5.91 Å². The van der Waals surface area contributed by atoms with E-state index < -0.39 is 0 Å². The van der Waals surface area contributed by atoms with E-state index in [4.69, 9.17) is 4.74 Å². The summed E-state index contributed by atoms with van der Waals surface area (Å²) in [7, 11) is 1.58. The van der Waals surface area contributed by atoms with Crippen LogP contribution in [0.4, 0.5) is 0 Å². The Bertz CT molecular complexity index is 370. The normalized spacial score (nSPS) is 16.5. The average Bonchev–Trinajstić information content (AvgIpc) is 2.40. The van der Waals surface area contributed by atoms with E-state index in [0.717, 1.165) is 12.8 Å². The standard InChI is InChI=1S/C13H18N2O2/c1-17-11-7-8-12(14-9-11)13(16)15-10-5-3-2-4-6-10/h7-10H,2-6H2,1H3,(H,15,16). The minimum Gasteiger partial charge on any atom is -0.495 e. The van der Waals surface area contributed by atoms with Gasteiger partial charge in [-0.25, -0.2) is 4.98 Å². The third-order valence-electron chi connectivity index (χ3n) is 3.15. The molecule has 4 heteroatoms. The fraction of sp³-hybridized carbons (Fsp3) is 0.538. The van der Waals surface area contributed by atoms with Crippen molar-refractivity contribution < 1.29 is 9.53 Å². The Morgan fingerprint density at radius 3 is 2.71 bits per heavy atom. The molecule has 0 bridgehead atoms. The van der Waals surface area contributed by atoms with Gasteiger partial charge in [0.25, 0.3) is 5.91 Å². The molecule has 1 aromatic heterocycles. The van der Waals surface area contributed by atoms with Gasteiger partial charge in [0.2, 0.25) is 0 Å². The van der Waals surface area contributed by atoms with Gasteiger partial charge in [0.15, 0.2) is 0 Å². The maximum Gasteiger partial charge on any atom is 0.270 e. The van der Waals surface area contributed by atoms with Crippen LogP contribution >= 0.6 is 0 Å². The van der Waals surface area contributed by atoms with Crippen LogP contribution in [-0.4, -0.2) is 24.0 Å². The highest BCUT2D eigenvalue weighted by atomic mass is 16.5. The molecule has 0 aromatic carbocycles. The fourth-order valence-corrected chi connectivity index (χ4v) is 2.14.